The van der Waals surface area contributed by atoms with Crippen molar-refractivity contribution in [3.63, 3.8) is 0 Å². The zero-order chi connectivity index (χ0) is 10.3. The summed E-state index contributed by atoms with van der Waals surface area (Å²) in [5.74, 6) is 0. The van der Waals surface area contributed by atoms with Gasteiger partial charge in [0.05, 0.1) is 0 Å². The molecule has 0 saturated carbocycles. The molecule has 0 aliphatic rings. The fourth-order valence-electron chi connectivity index (χ4n) is 1.12. The van der Waals surface area contributed by atoms with Gasteiger partial charge in [-0.25, -0.2) is 18.4 Å². The Morgan fingerprint density at radius 3 is 2.86 bits per heavy atom. The Labute approximate surface area is 94.2 Å². The zero-order valence-corrected chi connectivity index (χ0v) is 10.2. The molecule has 0 aromatic carbocycles. The largest absolute Gasteiger partial charge is 0.302 e. The predicted octanol–water partition coefficient (Wildman–Crippen LogP) is 0.737. The number of aromatic nitrogens is 3. The van der Waals surface area contributed by atoms with Crippen LogP contribution < -0.4 is 0 Å². The topological polar surface area (TPSA) is 64.3 Å². The molecule has 2 rings (SSSR count). The molecule has 2 aromatic heterocycles. The van der Waals surface area contributed by atoms with Gasteiger partial charge in [0.25, 0.3) is 0 Å². The van der Waals surface area contributed by atoms with Crippen LogP contribution in [0.25, 0.3) is 5.65 Å². The summed E-state index contributed by atoms with van der Waals surface area (Å²) in [6, 6.07) is 0. The van der Waals surface area contributed by atoms with Crippen LogP contribution in [0.1, 0.15) is 0 Å². The fourth-order valence-corrected chi connectivity index (χ4v) is 2.58. The highest BCUT2D eigenvalue weighted by molar-refractivity contribution is 14.1. The predicted molar refractivity (Wildman–Crippen MR) is 58.8 cm³/mol. The molecule has 0 fully saturated rings. The molecule has 0 bridgehead atoms. The van der Waals surface area contributed by atoms with E-state index in [4.69, 9.17) is 0 Å². The zero-order valence-electron chi connectivity index (χ0n) is 7.18. The summed E-state index contributed by atoms with van der Waals surface area (Å²) in [5, 5.41) is 0.0226. The Balaban J connectivity index is 2.94. The van der Waals surface area contributed by atoms with Crippen LogP contribution in [0, 0.1) is 3.70 Å². The minimum absolute atomic E-state index is 0.0226. The molecule has 0 unspecified atom stereocenters. The van der Waals surface area contributed by atoms with Gasteiger partial charge in [0, 0.05) is 24.8 Å². The average Bonchev–Trinajstić information content (AvgIpc) is 2.47. The highest BCUT2D eigenvalue weighted by atomic mass is 127. The third-order valence-corrected chi connectivity index (χ3v) is 3.16. The van der Waals surface area contributed by atoms with Gasteiger partial charge in [-0.15, -0.1) is 0 Å². The summed E-state index contributed by atoms with van der Waals surface area (Å²) in [5.41, 5.74) is 0.368. The van der Waals surface area contributed by atoms with E-state index in [9.17, 15) is 8.42 Å². The van der Waals surface area contributed by atoms with Crippen LogP contribution in [-0.4, -0.2) is 29.0 Å². The van der Waals surface area contributed by atoms with E-state index in [1.54, 1.807) is 23.0 Å². The second-order valence-electron chi connectivity index (χ2n) is 2.80. The average molecular weight is 323 g/mol. The van der Waals surface area contributed by atoms with Crippen LogP contribution in [0.4, 0.5) is 0 Å². The number of sulfone groups is 1. The van der Waals surface area contributed by atoms with Crippen LogP contribution in [0.2, 0.25) is 0 Å². The van der Waals surface area contributed by atoms with Gasteiger partial charge in [0.1, 0.15) is 3.70 Å². The van der Waals surface area contributed by atoms with Gasteiger partial charge in [0.15, 0.2) is 20.5 Å². The first-order valence-electron chi connectivity index (χ1n) is 3.68. The van der Waals surface area contributed by atoms with E-state index in [1.165, 1.54) is 0 Å². The number of rotatable bonds is 1. The van der Waals surface area contributed by atoms with Gasteiger partial charge in [-0.05, 0) is 22.6 Å². The molecule has 0 atom stereocenters. The maximum absolute atomic E-state index is 11.4. The van der Waals surface area contributed by atoms with Crippen LogP contribution >= 0.6 is 22.6 Å². The summed E-state index contributed by atoms with van der Waals surface area (Å²) >= 11 is 1.97. The van der Waals surface area contributed by atoms with Crippen molar-refractivity contribution in [1.29, 1.82) is 0 Å². The normalized spacial score (nSPS) is 12.1. The molecule has 2 heterocycles. The van der Waals surface area contributed by atoms with Crippen molar-refractivity contribution in [3.8, 4) is 0 Å². The number of fused-ring (bicyclic) bond motifs is 1. The van der Waals surface area contributed by atoms with Crippen molar-refractivity contribution in [1.82, 2.24) is 14.4 Å². The van der Waals surface area contributed by atoms with Crippen molar-refractivity contribution < 1.29 is 8.42 Å². The lowest BCUT2D eigenvalue weighted by atomic mass is 10.7. The fraction of sp³-hybridized carbons (Fsp3) is 0.143. The van der Waals surface area contributed by atoms with E-state index < -0.39 is 9.84 Å². The number of halogens is 1. The van der Waals surface area contributed by atoms with E-state index >= 15 is 0 Å². The lowest BCUT2D eigenvalue weighted by Crippen LogP contribution is -2.05. The Kier molecular flexibility index (Phi) is 2.22. The smallest absolute Gasteiger partial charge is 0.199 e. The molecule has 0 radical (unpaired) electrons. The van der Waals surface area contributed by atoms with Crippen molar-refractivity contribution in [2.45, 2.75) is 5.03 Å². The van der Waals surface area contributed by atoms with E-state index in [0.29, 0.717) is 9.35 Å². The molecule has 5 nitrogen and oxygen atoms in total. The lowest BCUT2D eigenvalue weighted by Gasteiger charge is -2.01. The van der Waals surface area contributed by atoms with Crippen molar-refractivity contribution in [2.24, 2.45) is 0 Å². The number of hydrogen-bond donors (Lipinski definition) is 0. The molecule has 0 aliphatic heterocycles. The SMILES string of the molecule is CS(=O)(=O)c1nc(I)cn2ccnc12. The number of imidazole rings is 1. The quantitative estimate of drug-likeness (QED) is 0.726. The van der Waals surface area contributed by atoms with Gasteiger partial charge in [0.2, 0.25) is 0 Å². The lowest BCUT2D eigenvalue weighted by molar-refractivity contribution is 0.598. The Bertz CT molecular complexity index is 590. The molecular weight excluding hydrogens is 317 g/mol. The summed E-state index contributed by atoms with van der Waals surface area (Å²) in [6.07, 6.45) is 6.08. The van der Waals surface area contributed by atoms with Gasteiger partial charge in [-0.2, -0.15) is 0 Å². The number of nitrogens with zero attached hydrogens (tertiary/aromatic N) is 3. The van der Waals surface area contributed by atoms with Gasteiger partial charge < -0.3 is 4.40 Å². The molecule has 74 valence electrons. The first-order chi connectivity index (χ1) is 6.48. The van der Waals surface area contributed by atoms with Gasteiger partial charge in [-0.3, -0.25) is 0 Å². The van der Waals surface area contributed by atoms with Gasteiger partial charge >= 0.3 is 0 Å². The molecule has 0 N–H and O–H groups in total. The minimum atomic E-state index is -3.32. The molecule has 0 aliphatic carbocycles. The molecule has 0 spiro atoms. The third kappa shape index (κ3) is 1.61. The van der Waals surface area contributed by atoms with Crippen LogP contribution in [0.3, 0.4) is 0 Å². The molecule has 7 heteroatoms. The maximum Gasteiger partial charge on any atom is 0.199 e. The Morgan fingerprint density at radius 1 is 1.50 bits per heavy atom. The van der Waals surface area contributed by atoms with Crippen LogP contribution in [0.15, 0.2) is 23.6 Å². The van der Waals surface area contributed by atoms with Gasteiger partial charge in [-0.1, -0.05) is 0 Å². The van der Waals surface area contributed by atoms with Crippen molar-refractivity contribution in [3.05, 3.63) is 22.3 Å². The van der Waals surface area contributed by atoms with Crippen molar-refractivity contribution in [2.75, 3.05) is 6.26 Å². The van der Waals surface area contributed by atoms with E-state index in [0.717, 1.165) is 6.26 Å². The monoisotopic (exact) mass is 323 g/mol. The Morgan fingerprint density at radius 2 is 2.21 bits per heavy atom. The first kappa shape index (κ1) is 9.84. The van der Waals surface area contributed by atoms with E-state index in [-0.39, 0.29) is 5.03 Å². The first-order valence-corrected chi connectivity index (χ1v) is 6.65. The highest BCUT2D eigenvalue weighted by Crippen LogP contribution is 2.14. The van der Waals surface area contributed by atoms with Crippen molar-refractivity contribution >= 4 is 38.1 Å². The highest BCUT2D eigenvalue weighted by Gasteiger charge is 2.16. The summed E-state index contributed by atoms with van der Waals surface area (Å²) in [6.45, 7) is 0. The number of hydrogen-bond acceptors (Lipinski definition) is 4. The molecule has 2 aromatic rings. The summed E-state index contributed by atoms with van der Waals surface area (Å²) in [7, 11) is -3.32. The van der Waals surface area contributed by atoms with E-state index in [1.807, 2.05) is 22.6 Å². The Hall–Kier alpha value is -0.700. The standard InChI is InChI=1S/C7H6IN3O2S/c1-14(12,13)7-6-9-2-3-11(6)4-5(8)10-7/h2-4H,1H3. The molecular formula is C7H6IN3O2S. The maximum atomic E-state index is 11.4. The summed E-state index contributed by atoms with van der Waals surface area (Å²) < 4.78 is 25.0. The van der Waals surface area contributed by atoms with Crippen LogP contribution in [0.5, 0.6) is 0 Å². The minimum Gasteiger partial charge on any atom is -0.302 e. The molecule has 14 heavy (non-hydrogen) atoms. The molecule has 0 amide bonds. The second kappa shape index (κ2) is 3.16. The second-order valence-corrected chi connectivity index (χ2v) is 5.84. The van der Waals surface area contributed by atoms with Crippen LogP contribution in [-0.2, 0) is 9.84 Å². The van der Waals surface area contributed by atoms with E-state index in [2.05, 4.69) is 9.97 Å². The summed E-state index contributed by atoms with van der Waals surface area (Å²) in [4.78, 5) is 7.90. The molecule has 0 saturated heterocycles. The third-order valence-electron chi connectivity index (χ3n) is 1.67.